The van der Waals surface area contributed by atoms with Crippen LogP contribution < -0.4 is 14.8 Å². The molecule has 4 rings (SSSR count). The number of ether oxygens (including phenoxy) is 3. The maximum absolute atomic E-state index is 12.3. The smallest absolute Gasteiger partial charge is 0.410 e. The average Bonchev–Trinajstić information content (AvgIpc) is 2.84. The lowest BCUT2D eigenvalue weighted by Gasteiger charge is -2.33. The van der Waals surface area contributed by atoms with Crippen molar-refractivity contribution in [2.45, 2.75) is 39.2 Å². The maximum Gasteiger partial charge on any atom is 0.410 e. The lowest BCUT2D eigenvalue weighted by molar-refractivity contribution is 0.0165. The van der Waals surface area contributed by atoms with Crippen LogP contribution in [-0.2, 0) is 4.74 Å². The van der Waals surface area contributed by atoms with Crippen molar-refractivity contribution < 1.29 is 19.0 Å². The van der Waals surface area contributed by atoms with Crippen LogP contribution in [0.3, 0.4) is 0 Å². The largest absolute Gasteiger partial charge is 0.497 e. The Morgan fingerprint density at radius 3 is 2.66 bits per heavy atom. The summed E-state index contributed by atoms with van der Waals surface area (Å²) in [5, 5.41) is 4.27. The van der Waals surface area contributed by atoms with E-state index in [1.165, 1.54) is 6.33 Å². The highest BCUT2D eigenvalue weighted by molar-refractivity contribution is 9.10. The molecule has 1 saturated heterocycles. The molecule has 2 aromatic carbocycles. The minimum absolute atomic E-state index is 0.245. The third-order valence-corrected chi connectivity index (χ3v) is 6.51. The van der Waals surface area contributed by atoms with Gasteiger partial charge in [-0.05, 0) is 79.7 Å². The number of nitrogens with zero attached hydrogens (tertiary/aromatic N) is 3. The van der Waals surface area contributed by atoms with Gasteiger partial charge in [0.2, 0.25) is 0 Å². The second-order valence-electron chi connectivity index (χ2n) is 9.59. The number of piperidine rings is 1. The second-order valence-corrected chi connectivity index (χ2v) is 10.4. The number of benzene rings is 2. The van der Waals surface area contributed by atoms with Gasteiger partial charge in [-0.25, -0.2) is 14.8 Å². The topological polar surface area (TPSA) is 85.8 Å². The van der Waals surface area contributed by atoms with E-state index in [2.05, 4.69) is 31.2 Å². The maximum atomic E-state index is 12.3. The Kier molecular flexibility index (Phi) is 7.64. The van der Waals surface area contributed by atoms with Gasteiger partial charge in [0.1, 0.15) is 28.9 Å². The van der Waals surface area contributed by atoms with Gasteiger partial charge in [0.25, 0.3) is 0 Å². The molecule has 0 spiro atoms. The number of carbonyl (C=O) groups is 1. The summed E-state index contributed by atoms with van der Waals surface area (Å²) in [5.41, 5.74) is 2.00. The van der Waals surface area contributed by atoms with Crippen LogP contribution in [0.5, 0.6) is 11.5 Å². The molecule has 186 valence electrons. The minimum atomic E-state index is -0.482. The molecular formula is C26H31BrN4O4. The lowest BCUT2D eigenvalue weighted by atomic mass is 9.98. The van der Waals surface area contributed by atoms with Crippen LogP contribution in [0, 0.1) is 5.92 Å². The van der Waals surface area contributed by atoms with Gasteiger partial charge >= 0.3 is 6.09 Å². The third-order valence-electron chi connectivity index (χ3n) is 5.82. The normalized spacial score (nSPS) is 14.6. The number of nitrogens with one attached hydrogen (secondary N) is 1. The standard InChI is InChI=1S/C26H31BrN4O4/c1-26(2,3)35-25(32)31-11-9-17(10-12-31)15-34-23-8-7-21(24-19(23)14-28-16-29-24)30-22-13-18(33-4)5-6-20(22)27/h5-8,13-14,16-17,30H,9-12,15H2,1-4H3. The Hall–Kier alpha value is -3.07. The van der Waals surface area contributed by atoms with Crippen LogP contribution in [-0.4, -0.2) is 53.4 Å². The summed E-state index contributed by atoms with van der Waals surface area (Å²) in [7, 11) is 1.64. The van der Waals surface area contributed by atoms with E-state index >= 15 is 0 Å². The number of carbonyl (C=O) groups excluding carboxylic acids is 1. The van der Waals surface area contributed by atoms with E-state index in [0.29, 0.717) is 25.6 Å². The van der Waals surface area contributed by atoms with E-state index in [9.17, 15) is 4.79 Å². The zero-order valence-electron chi connectivity index (χ0n) is 20.5. The van der Waals surface area contributed by atoms with Gasteiger partial charge in [-0.1, -0.05) is 0 Å². The molecule has 1 fully saturated rings. The van der Waals surface area contributed by atoms with Crippen molar-refractivity contribution in [2.24, 2.45) is 5.92 Å². The number of fused-ring (bicyclic) bond motifs is 1. The first-order chi connectivity index (χ1) is 16.7. The molecule has 0 unspecified atom stereocenters. The van der Waals surface area contributed by atoms with Crippen molar-refractivity contribution in [1.29, 1.82) is 0 Å². The fourth-order valence-corrected chi connectivity index (χ4v) is 4.31. The summed E-state index contributed by atoms with van der Waals surface area (Å²) in [6.07, 6.45) is 4.80. The number of likely N-dealkylation sites (tertiary alicyclic amines) is 1. The van der Waals surface area contributed by atoms with Gasteiger partial charge in [0.05, 0.1) is 30.5 Å². The Morgan fingerprint density at radius 1 is 1.17 bits per heavy atom. The van der Waals surface area contributed by atoms with Crippen molar-refractivity contribution >= 4 is 44.3 Å². The van der Waals surface area contributed by atoms with Gasteiger partial charge in [-0.15, -0.1) is 0 Å². The Labute approximate surface area is 214 Å². The molecule has 1 aromatic heterocycles. The van der Waals surface area contributed by atoms with Gasteiger partial charge in [0, 0.05) is 29.8 Å². The molecule has 8 nitrogen and oxygen atoms in total. The monoisotopic (exact) mass is 542 g/mol. The first kappa shape index (κ1) is 25.0. The first-order valence-electron chi connectivity index (χ1n) is 11.7. The van der Waals surface area contributed by atoms with Crippen molar-refractivity contribution in [3.8, 4) is 11.5 Å². The van der Waals surface area contributed by atoms with Crippen LogP contribution >= 0.6 is 15.9 Å². The van der Waals surface area contributed by atoms with Crippen LogP contribution in [0.15, 0.2) is 47.3 Å². The molecule has 1 amide bonds. The molecule has 1 N–H and O–H groups in total. The molecule has 0 saturated carbocycles. The Bertz CT molecular complexity index is 1190. The predicted octanol–water partition coefficient (Wildman–Crippen LogP) is 6.17. The highest BCUT2D eigenvalue weighted by Crippen LogP contribution is 2.35. The fourth-order valence-electron chi connectivity index (χ4n) is 3.97. The van der Waals surface area contributed by atoms with E-state index in [-0.39, 0.29) is 6.09 Å². The van der Waals surface area contributed by atoms with Crippen molar-refractivity contribution in [1.82, 2.24) is 14.9 Å². The van der Waals surface area contributed by atoms with E-state index < -0.39 is 5.60 Å². The van der Waals surface area contributed by atoms with Gasteiger partial charge in [-0.3, -0.25) is 0 Å². The molecule has 2 heterocycles. The highest BCUT2D eigenvalue weighted by Gasteiger charge is 2.27. The molecule has 0 atom stereocenters. The van der Waals surface area contributed by atoms with Gasteiger partial charge < -0.3 is 24.4 Å². The summed E-state index contributed by atoms with van der Waals surface area (Å²) < 4.78 is 18.0. The SMILES string of the molecule is COc1ccc(Br)c(Nc2ccc(OCC3CCN(C(=O)OC(C)(C)C)CC3)c3cncnc23)c1. The summed E-state index contributed by atoms with van der Waals surface area (Å²) in [6.45, 7) is 7.57. The van der Waals surface area contributed by atoms with Crippen LogP contribution in [0.2, 0.25) is 0 Å². The molecule has 0 radical (unpaired) electrons. The number of halogens is 1. The predicted molar refractivity (Wildman–Crippen MR) is 140 cm³/mol. The number of amides is 1. The third kappa shape index (κ3) is 6.33. The molecule has 3 aromatic rings. The highest BCUT2D eigenvalue weighted by atomic mass is 79.9. The summed E-state index contributed by atoms with van der Waals surface area (Å²) in [6, 6.07) is 9.65. The van der Waals surface area contributed by atoms with E-state index in [0.717, 1.165) is 51.1 Å². The number of methoxy groups -OCH3 is 1. The molecule has 0 aliphatic carbocycles. The molecule has 1 aliphatic heterocycles. The second kappa shape index (κ2) is 10.7. The lowest BCUT2D eigenvalue weighted by Crippen LogP contribution is -2.42. The summed E-state index contributed by atoms with van der Waals surface area (Å²) >= 11 is 3.58. The zero-order valence-corrected chi connectivity index (χ0v) is 22.1. The number of aromatic nitrogens is 2. The molecular weight excluding hydrogens is 512 g/mol. The van der Waals surface area contributed by atoms with Crippen molar-refractivity contribution in [3.63, 3.8) is 0 Å². The average molecular weight is 543 g/mol. The first-order valence-corrected chi connectivity index (χ1v) is 12.5. The summed E-state index contributed by atoms with van der Waals surface area (Å²) in [4.78, 5) is 22.8. The minimum Gasteiger partial charge on any atom is -0.497 e. The van der Waals surface area contributed by atoms with Crippen LogP contribution in [0.1, 0.15) is 33.6 Å². The van der Waals surface area contributed by atoms with E-state index in [4.69, 9.17) is 14.2 Å². The number of hydrogen-bond acceptors (Lipinski definition) is 7. The molecule has 0 bridgehead atoms. The van der Waals surface area contributed by atoms with Gasteiger partial charge in [-0.2, -0.15) is 0 Å². The zero-order chi connectivity index (χ0) is 25.0. The van der Waals surface area contributed by atoms with Gasteiger partial charge in [0.15, 0.2) is 0 Å². The van der Waals surface area contributed by atoms with Crippen molar-refractivity contribution in [2.75, 3.05) is 32.1 Å². The Morgan fingerprint density at radius 2 is 1.94 bits per heavy atom. The number of hydrogen-bond donors (Lipinski definition) is 1. The molecule has 9 heteroatoms. The van der Waals surface area contributed by atoms with E-state index in [1.807, 2.05) is 51.1 Å². The molecule has 35 heavy (non-hydrogen) atoms. The Balaban J connectivity index is 1.42. The van der Waals surface area contributed by atoms with Crippen molar-refractivity contribution in [3.05, 3.63) is 47.3 Å². The number of anilines is 2. The quantitative estimate of drug-likeness (QED) is 0.398. The summed E-state index contributed by atoms with van der Waals surface area (Å²) in [5.74, 6) is 1.86. The van der Waals surface area contributed by atoms with E-state index in [1.54, 1.807) is 18.2 Å². The van der Waals surface area contributed by atoms with Crippen LogP contribution in [0.25, 0.3) is 10.9 Å². The number of rotatable bonds is 6. The van der Waals surface area contributed by atoms with Crippen LogP contribution in [0.4, 0.5) is 16.2 Å². The molecule has 1 aliphatic rings. The fraction of sp³-hybridized carbons (Fsp3) is 0.423.